The third-order valence-electron chi connectivity index (χ3n) is 3.54. The van der Waals surface area contributed by atoms with Gasteiger partial charge in [0, 0.05) is 22.7 Å². The van der Waals surface area contributed by atoms with E-state index >= 15 is 0 Å². The average Bonchev–Trinajstić information content (AvgIpc) is 2.99. The van der Waals surface area contributed by atoms with Gasteiger partial charge in [-0.3, -0.25) is 9.79 Å². The maximum atomic E-state index is 12.0. The number of Topliss-reactive ketones (excluding diaryl/α,β-unsaturated/α-hetero) is 1. The Bertz CT molecular complexity index is 936. The highest BCUT2D eigenvalue weighted by molar-refractivity contribution is 7.14. The van der Waals surface area contributed by atoms with E-state index in [4.69, 9.17) is 23.2 Å². The van der Waals surface area contributed by atoms with Gasteiger partial charge in [0.15, 0.2) is 5.78 Å². The fourth-order valence-electron chi connectivity index (χ4n) is 2.24. The van der Waals surface area contributed by atoms with E-state index in [1.165, 1.54) is 17.6 Å². The highest BCUT2D eigenvalue weighted by Gasteiger charge is 2.12. The van der Waals surface area contributed by atoms with Gasteiger partial charge in [-0.25, -0.2) is 0 Å². The van der Waals surface area contributed by atoms with Gasteiger partial charge in [0.25, 0.3) is 0 Å². The summed E-state index contributed by atoms with van der Waals surface area (Å²) in [6, 6.07) is 14.2. The largest absolute Gasteiger partial charge is 0.506 e. The van der Waals surface area contributed by atoms with E-state index in [1.807, 2.05) is 18.2 Å². The lowest BCUT2D eigenvalue weighted by molar-refractivity contribution is 0.100. The second kappa shape index (κ2) is 7.83. The zero-order valence-electron chi connectivity index (χ0n) is 12.9. The number of carbonyl (C=O) groups excluding carboxylic acids is 1. The van der Waals surface area contributed by atoms with E-state index in [2.05, 4.69) is 4.99 Å². The molecule has 0 bridgehead atoms. The molecule has 0 atom stereocenters. The number of rotatable bonds is 5. The van der Waals surface area contributed by atoms with E-state index in [-0.39, 0.29) is 18.1 Å². The molecule has 0 aliphatic carbocycles. The number of aliphatic imine (C=N–C) groups is 1. The zero-order chi connectivity index (χ0) is 17.8. The third-order valence-corrected chi connectivity index (χ3v) is 5.31. The SMILES string of the molecule is O=C(CN=Cc1csc(-c2ccc(Cl)c(Cl)c2)c1O)c1ccccc1. The van der Waals surface area contributed by atoms with Gasteiger partial charge in [-0.2, -0.15) is 0 Å². The molecular weight excluding hydrogens is 377 g/mol. The Kier molecular flexibility index (Phi) is 5.53. The molecule has 0 amide bonds. The number of aromatic hydroxyl groups is 1. The van der Waals surface area contributed by atoms with Crippen molar-refractivity contribution >= 4 is 46.5 Å². The van der Waals surface area contributed by atoms with Crippen LogP contribution in [0.5, 0.6) is 5.75 Å². The molecule has 3 aromatic rings. The Balaban J connectivity index is 1.75. The fraction of sp³-hybridized carbons (Fsp3) is 0.0526. The Hall–Kier alpha value is -2.14. The van der Waals surface area contributed by atoms with Crippen LogP contribution in [0.1, 0.15) is 15.9 Å². The molecule has 0 unspecified atom stereocenters. The summed E-state index contributed by atoms with van der Waals surface area (Å²) < 4.78 is 0. The van der Waals surface area contributed by atoms with Gasteiger partial charge in [0.1, 0.15) is 12.3 Å². The summed E-state index contributed by atoms with van der Waals surface area (Å²) in [5, 5.41) is 13.1. The van der Waals surface area contributed by atoms with Crippen LogP contribution >= 0.6 is 34.5 Å². The average molecular weight is 390 g/mol. The van der Waals surface area contributed by atoms with Crippen molar-refractivity contribution in [3.8, 4) is 16.2 Å². The molecule has 0 aliphatic heterocycles. The van der Waals surface area contributed by atoms with Gasteiger partial charge >= 0.3 is 0 Å². The maximum Gasteiger partial charge on any atom is 0.184 e. The Morgan fingerprint density at radius 1 is 1.12 bits per heavy atom. The molecule has 1 N–H and O–H groups in total. The molecule has 0 fully saturated rings. The number of benzene rings is 2. The molecule has 1 heterocycles. The second-order valence-electron chi connectivity index (χ2n) is 5.26. The molecule has 1 aromatic heterocycles. The van der Waals surface area contributed by atoms with Gasteiger partial charge in [-0.15, -0.1) is 11.3 Å². The molecular formula is C19H13Cl2NO2S. The molecule has 6 heteroatoms. The summed E-state index contributed by atoms with van der Waals surface area (Å²) in [7, 11) is 0. The first-order valence-corrected chi connectivity index (χ1v) is 9.04. The summed E-state index contributed by atoms with van der Waals surface area (Å²) in [6.07, 6.45) is 1.51. The maximum absolute atomic E-state index is 12.0. The number of nitrogens with zero attached hydrogens (tertiary/aromatic N) is 1. The number of halogens is 2. The van der Waals surface area contributed by atoms with Gasteiger partial charge < -0.3 is 5.11 Å². The van der Waals surface area contributed by atoms with E-state index in [1.54, 1.807) is 35.7 Å². The Morgan fingerprint density at radius 2 is 1.88 bits per heavy atom. The molecule has 0 aliphatic rings. The van der Waals surface area contributed by atoms with E-state index in [0.717, 1.165) is 5.56 Å². The highest BCUT2D eigenvalue weighted by Crippen LogP contribution is 2.39. The van der Waals surface area contributed by atoms with Gasteiger partial charge in [-0.1, -0.05) is 59.6 Å². The van der Waals surface area contributed by atoms with E-state index in [0.29, 0.717) is 26.0 Å². The summed E-state index contributed by atoms with van der Waals surface area (Å²) in [5.41, 5.74) is 1.95. The summed E-state index contributed by atoms with van der Waals surface area (Å²) >= 11 is 13.3. The lowest BCUT2D eigenvalue weighted by Gasteiger charge is -2.02. The zero-order valence-corrected chi connectivity index (χ0v) is 15.3. The molecule has 0 spiro atoms. The van der Waals surface area contributed by atoms with E-state index in [9.17, 15) is 9.90 Å². The first-order valence-electron chi connectivity index (χ1n) is 7.40. The summed E-state index contributed by atoms with van der Waals surface area (Å²) in [4.78, 5) is 16.8. The lowest BCUT2D eigenvalue weighted by atomic mass is 10.1. The van der Waals surface area contributed by atoms with Crippen LogP contribution in [0.2, 0.25) is 10.0 Å². The molecule has 3 nitrogen and oxygen atoms in total. The first kappa shape index (κ1) is 17.7. The molecule has 0 saturated carbocycles. The normalized spacial score (nSPS) is 11.1. The van der Waals surface area contributed by atoms with Crippen molar-refractivity contribution in [1.29, 1.82) is 0 Å². The molecule has 126 valence electrons. The van der Waals surface area contributed by atoms with E-state index < -0.39 is 0 Å². The van der Waals surface area contributed by atoms with Gasteiger partial charge in [0.05, 0.1) is 14.9 Å². The van der Waals surface area contributed by atoms with Crippen molar-refractivity contribution in [3.05, 3.63) is 75.1 Å². The number of hydrogen-bond acceptors (Lipinski definition) is 4. The minimum atomic E-state index is -0.0729. The topological polar surface area (TPSA) is 49.7 Å². The summed E-state index contributed by atoms with van der Waals surface area (Å²) in [6.45, 7) is 0.0292. The molecule has 0 saturated heterocycles. The number of carbonyl (C=O) groups is 1. The van der Waals surface area contributed by atoms with Crippen LogP contribution in [0.25, 0.3) is 10.4 Å². The summed E-state index contributed by atoms with van der Waals surface area (Å²) in [5.74, 6) is 0.0376. The van der Waals surface area contributed by atoms with Crippen molar-refractivity contribution in [3.63, 3.8) is 0 Å². The number of ketones is 1. The third kappa shape index (κ3) is 4.10. The second-order valence-corrected chi connectivity index (χ2v) is 6.95. The Morgan fingerprint density at radius 3 is 2.60 bits per heavy atom. The van der Waals surface area contributed by atoms with Crippen LogP contribution in [-0.2, 0) is 0 Å². The predicted octanol–water partition coefficient (Wildman–Crippen LogP) is 5.73. The van der Waals surface area contributed by atoms with Crippen LogP contribution in [0.3, 0.4) is 0 Å². The van der Waals surface area contributed by atoms with Crippen LogP contribution in [0.4, 0.5) is 0 Å². The standard InChI is InChI=1S/C19H13Cl2NO2S/c20-15-7-6-13(8-16(15)21)19-18(24)14(11-25-19)9-22-10-17(23)12-4-2-1-3-5-12/h1-9,11,24H,10H2. The van der Waals surface area contributed by atoms with Gasteiger partial charge in [-0.05, 0) is 17.7 Å². The fourth-order valence-corrected chi connectivity index (χ4v) is 3.45. The van der Waals surface area contributed by atoms with Crippen molar-refractivity contribution in [1.82, 2.24) is 0 Å². The lowest BCUT2D eigenvalue weighted by Crippen LogP contribution is -2.03. The van der Waals surface area contributed by atoms with Crippen LogP contribution < -0.4 is 0 Å². The van der Waals surface area contributed by atoms with Crippen molar-refractivity contribution in [2.45, 2.75) is 0 Å². The number of thiophene rings is 1. The quantitative estimate of drug-likeness (QED) is 0.447. The van der Waals surface area contributed by atoms with Crippen LogP contribution in [0, 0.1) is 0 Å². The van der Waals surface area contributed by atoms with Crippen molar-refractivity contribution < 1.29 is 9.90 Å². The Labute approximate surface area is 159 Å². The molecule has 25 heavy (non-hydrogen) atoms. The molecule has 3 rings (SSSR count). The first-order chi connectivity index (χ1) is 12.1. The number of hydrogen-bond donors (Lipinski definition) is 1. The highest BCUT2D eigenvalue weighted by atomic mass is 35.5. The smallest absolute Gasteiger partial charge is 0.184 e. The monoisotopic (exact) mass is 389 g/mol. The van der Waals surface area contributed by atoms with Crippen molar-refractivity contribution in [2.24, 2.45) is 4.99 Å². The van der Waals surface area contributed by atoms with Crippen LogP contribution in [0.15, 0.2) is 58.9 Å². The minimum Gasteiger partial charge on any atom is -0.506 e. The molecule has 2 aromatic carbocycles. The van der Waals surface area contributed by atoms with Gasteiger partial charge in [0.2, 0.25) is 0 Å². The van der Waals surface area contributed by atoms with Crippen molar-refractivity contribution in [2.75, 3.05) is 6.54 Å². The van der Waals surface area contributed by atoms with Crippen LogP contribution in [-0.4, -0.2) is 23.6 Å². The minimum absolute atomic E-state index is 0.0292. The predicted molar refractivity (Wildman–Crippen MR) is 105 cm³/mol. The molecule has 0 radical (unpaired) electrons.